The van der Waals surface area contributed by atoms with Gasteiger partial charge in [0.1, 0.15) is 5.76 Å². The van der Waals surface area contributed by atoms with Crippen LogP contribution >= 0.6 is 27.5 Å². The smallest absolute Gasteiger partial charge is 0.202 e. The molecule has 1 aromatic carbocycles. The Bertz CT molecular complexity index is 560. The number of rotatable bonds is 3. The van der Waals surface area contributed by atoms with Gasteiger partial charge in [0.25, 0.3) is 0 Å². The van der Waals surface area contributed by atoms with Gasteiger partial charge in [0.15, 0.2) is 5.76 Å². The molecule has 2 nitrogen and oxygen atoms in total. The Hall–Kier alpha value is -1.06. The third-order valence-corrected chi connectivity index (χ3v) is 3.23. The zero-order valence-electron chi connectivity index (χ0n) is 9.17. The molecule has 0 aliphatic carbocycles. The van der Waals surface area contributed by atoms with Crippen LogP contribution in [0.25, 0.3) is 0 Å². The van der Waals surface area contributed by atoms with E-state index in [4.69, 9.17) is 16.0 Å². The third-order valence-electron chi connectivity index (χ3n) is 2.38. The largest absolute Gasteiger partial charge is 0.458 e. The van der Waals surface area contributed by atoms with E-state index in [1.807, 2.05) is 19.1 Å². The number of carbonyl (C=O) groups is 1. The minimum absolute atomic E-state index is 0.0673. The van der Waals surface area contributed by atoms with Gasteiger partial charge in [-0.3, -0.25) is 4.79 Å². The SMILES string of the molecule is Cc1ccc(C(=O)Cc2ccc(Br)cc2Cl)o1. The van der Waals surface area contributed by atoms with Crippen molar-refractivity contribution in [3.8, 4) is 0 Å². The van der Waals surface area contributed by atoms with Crippen LogP contribution in [-0.4, -0.2) is 5.78 Å². The number of halogens is 2. The quantitative estimate of drug-likeness (QED) is 0.785. The normalized spacial score (nSPS) is 10.5. The number of benzene rings is 1. The van der Waals surface area contributed by atoms with E-state index in [2.05, 4.69) is 15.9 Å². The van der Waals surface area contributed by atoms with Gasteiger partial charge in [0, 0.05) is 15.9 Å². The highest BCUT2D eigenvalue weighted by atomic mass is 79.9. The van der Waals surface area contributed by atoms with Gasteiger partial charge < -0.3 is 4.42 Å². The van der Waals surface area contributed by atoms with Crippen LogP contribution in [0.2, 0.25) is 5.02 Å². The Morgan fingerprint density at radius 3 is 2.71 bits per heavy atom. The molecule has 1 aromatic heterocycles. The van der Waals surface area contributed by atoms with E-state index < -0.39 is 0 Å². The minimum Gasteiger partial charge on any atom is -0.458 e. The monoisotopic (exact) mass is 312 g/mol. The molecule has 0 amide bonds. The molecule has 0 radical (unpaired) electrons. The van der Waals surface area contributed by atoms with Crippen LogP contribution in [0.4, 0.5) is 0 Å². The maximum Gasteiger partial charge on any atom is 0.202 e. The number of hydrogen-bond acceptors (Lipinski definition) is 2. The summed E-state index contributed by atoms with van der Waals surface area (Å²) in [5, 5.41) is 0.580. The minimum atomic E-state index is -0.0673. The molecule has 0 aliphatic rings. The standard InChI is InChI=1S/C13H10BrClO2/c1-8-2-5-13(17-8)12(16)6-9-3-4-10(14)7-11(9)15/h2-5,7H,6H2,1H3. The van der Waals surface area contributed by atoms with Crippen LogP contribution in [0.15, 0.2) is 39.2 Å². The lowest BCUT2D eigenvalue weighted by molar-refractivity contribution is 0.0965. The summed E-state index contributed by atoms with van der Waals surface area (Å²) in [6.45, 7) is 1.81. The molecule has 4 heteroatoms. The fraction of sp³-hybridized carbons (Fsp3) is 0.154. The summed E-state index contributed by atoms with van der Waals surface area (Å²) in [6.07, 6.45) is 0.249. The highest BCUT2D eigenvalue weighted by molar-refractivity contribution is 9.10. The Labute approximate surface area is 113 Å². The molecule has 2 aromatic rings. The molecule has 0 N–H and O–H groups in total. The second kappa shape index (κ2) is 5.07. The van der Waals surface area contributed by atoms with Crippen molar-refractivity contribution in [3.05, 3.63) is 56.9 Å². The predicted molar refractivity (Wildman–Crippen MR) is 70.6 cm³/mol. The molecular weight excluding hydrogens is 303 g/mol. The van der Waals surface area contributed by atoms with Gasteiger partial charge in [0.05, 0.1) is 0 Å². The van der Waals surface area contributed by atoms with Crippen molar-refractivity contribution in [2.24, 2.45) is 0 Å². The highest BCUT2D eigenvalue weighted by Crippen LogP contribution is 2.23. The molecule has 0 aliphatic heterocycles. The van der Waals surface area contributed by atoms with E-state index in [1.54, 1.807) is 18.2 Å². The first-order valence-corrected chi connectivity index (χ1v) is 6.27. The van der Waals surface area contributed by atoms with Crippen LogP contribution < -0.4 is 0 Å². The van der Waals surface area contributed by atoms with E-state index in [0.29, 0.717) is 10.8 Å². The van der Waals surface area contributed by atoms with Gasteiger partial charge in [-0.15, -0.1) is 0 Å². The summed E-state index contributed by atoms with van der Waals surface area (Å²) in [4.78, 5) is 11.9. The lowest BCUT2D eigenvalue weighted by Gasteiger charge is -2.02. The molecule has 17 heavy (non-hydrogen) atoms. The molecule has 2 rings (SSSR count). The van der Waals surface area contributed by atoms with E-state index in [-0.39, 0.29) is 12.2 Å². The molecule has 0 spiro atoms. The van der Waals surface area contributed by atoms with Gasteiger partial charge >= 0.3 is 0 Å². The van der Waals surface area contributed by atoms with Crippen molar-refractivity contribution >= 4 is 33.3 Å². The fourth-order valence-corrected chi connectivity index (χ4v) is 2.25. The molecule has 0 unspecified atom stereocenters. The molecule has 88 valence electrons. The Kier molecular flexibility index (Phi) is 3.69. The zero-order chi connectivity index (χ0) is 12.4. The number of ketones is 1. The number of Topliss-reactive ketones (excluding diaryl/α,β-unsaturated/α-hetero) is 1. The average Bonchev–Trinajstić information content (AvgIpc) is 2.69. The third kappa shape index (κ3) is 2.99. The van der Waals surface area contributed by atoms with E-state index >= 15 is 0 Å². The maximum absolute atomic E-state index is 11.9. The molecule has 1 heterocycles. The zero-order valence-corrected chi connectivity index (χ0v) is 11.5. The molecule has 0 saturated heterocycles. The predicted octanol–water partition coefficient (Wildman–Crippen LogP) is 4.43. The Balaban J connectivity index is 2.18. The first kappa shape index (κ1) is 12.4. The number of furan rings is 1. The van der Waals surface area contributed by atoms with Crippen LogP contribution in [0, 0.1) is 6.92 Å². The Morgan fingerprint density at radius 2 is 2.12 bits per heavy atom. The summed E-state index contributed by atoms with van der Waals surface area (Å²) in [6, 6.07) is 8.93. The van der Waals surface area contributed by atoms with Crippen molar-refractivity contribution in [3.63, 3.8) is 0 Å². The van der Waals surface area contributed by atoms with E-state index in [1.165, 1.54) is 0 Å². The number of hydrogen-bond donors (Lipinski definition) is 0. The maximum atomic E-state index is 11.9. The topological polar surface area (TPSA) is 30.2 Å². The summed E-state index contributed by atoms with van der Waals surface area (Å²) in [5.74, 6) is 1.04. The van der Waals surface area contributed by atoms with Gasteiger partial charge in [-0.05, 0) is 36.8 Å². The fourth-order valence-electron chi connectivity index (χ4n) is 1.51. The first-order valence-electron chi connectivity index (χ1n) is 5.10. The summed E-state index contributed by atoms with van der Waals surface area (Å²) >= 11 is 9.38. The van der Waals surface area contributed by atoms with Gasteiger partial charge in [-0.25, -0.2) is 0 Å². The van der Waals surface area contributed by atoms with Crippen molar-refractivity contribution in [2.45, 2.75) is 13.3 Å². The second-order valence-electron chi connectivity index (χ2n) is 3.75. The van der Waals surface area contributed by atoms with Gasteiger partial charge in [-0.1, -0.05) is 33.6 Å². The molecule has 0 bridgehead atoms. The molecule has 0 atom stereocenters. The van der Waals surface area contributed by atoms with Crippen LogP contribution in [0.3, 0.4) is 0 Å². The van der Waals surface area contributed by atoms with E-state index in [9.17, 15) is 4.79 Å². The molecular formula is C13H10BrClO2. The molecule has 0 fully saturated rings. The lowest BCUT2D eigenvalue weighted by Crippen LogP contribution is -2.02. The first-order chi connectivity index (χ1) is 8.06. The molecule has 0 saturated carbocycles. The second-order valence-corrected chi connectivity index (χ2v) is 5.07. The van der Waals surface area contributed by atoms with Crippen LogP contribution in [0.5, 0.6) is 0 Å². The van der Waals surface area contributed by atoms with Gasteiger partial charge in [0.2, 0.25) is 5.78 Å². The van der Waals surface area contributed by atoms with Crippen LogP contribution in [0.1, 0.15) is 21.9 Å². The summed E-state index contributed by atoms with van der Waals surface area (Å²) < 4.78 is 6.18. The Morgan fingerprint density at radius 1 is 1.35 bits per heavy atom. The van der Waals surface area contributed by atoms with Crippen molar-refractivity contribution in [1.29, 1.82) is 0 Å². The van der Waals surface area contributed by atoms with Crippen molar-refractivity contribution < 1.29 is 9.21 Å². The highest BCUT2D eigenvalue weighted by Gasteiger charge is 2.12. The summed E-state index contributed by atoms with van der Waals surface area (Å²) in [7, 11) is 0. The summed E-state index contributed by atoms with van der Waals surface area (Å²) in [5.41, 5.74) is 0.800. The van der Waals surface area contributed by atoms with Crippen molar-refractivity contribution in [1.82, 2.24) is 0 Å². The van der Waals surface area contributed by atoms with Gasteiger partial charge in [-0.2, -0.15) is 0 Å². The van der Waals surface area contributed by atoms with E-state index in [0.717, 1.165) is 15.8 Å². The van der Waals surface area contributed by atoms with Crippen LogP contribution in [-0.2, 0) is 6.42 Å². The number of carbonyl (C=O) groups excluding carboxylic acids is 1. The van der Waals surface area contributed by atoms with Crippen molar-refractivity contribution in [2.75, 3.05) is 0 Å². The number of aryl methyl sites for hydroxylation is 1. The average molecular weight is 314 g/mol. The lowest BCUT2D eigenvalue weighted by atomic mass is 10.1.